The van der Waals surface area contributed by atoms with Crippen molar-refractivity contribution in [3.8, 4) is 0 Å². The molecule has 54 heavy (non-hydrogen) atoms. The van der Waals surface area contributed by atoms with Crippen LogP contribution in [0.1, 0.15) is 213 Å². The highest BCUT2D eigenvalue weighted by molar-refractivity contribution is 5.70. The Morgan fingerprint density at radius 3 is 1.31 bits per heavy atom. The fourth-order valence-corrected chi connectivity index (χ4v) is 6.19. The van der Waals surface area contributed by atoms with Gasteiger partial charge in [0.25, 0.3) is 0 Å². The predicted octanol–water partition coefficient (Wildman–Crippen LogP) is 15.0. The number of allylic oxidation sites excluding steroid dienone is 10. The number of ether oxygens (including phenoxy) is 3. The van der Waals surface area contributed by atoms with Crippen molar-refractivity contribution in [3.05, 3.63) is 60.8 Å². The van der Waals surface area contributed by atoms with Crippen LogP contribution in [0.25, 0.3) is 0 Å². The SMILES string of the molecule is CC/C=C\C/C=C\C/C=C\C/C=C\C/C=C\CCCC(=O)OCC(COCCCCCCCCCCCCCCCC)OC(=O)CCCCCCCCC. The molecule has 0 aromatic rings. The van der Waals surface area contributed by atoms with E-state index in [1.807, 2.05) is 0 Å². The van der Waals surface area contributed by atoms with Gasteiger partial charge in [-0.05, 0) is 57.8 Å². The van der Waals surface area contributed by atoms with Crippen molar-refractivity contribution in [3.63, 3.8) is 0 Å². The summed E-state index contributed by atoms with van der Waals surface area (Å²) >= 11 is 0. The molecule has 5 heteroatoms. The van der Waals surface area contributed by atoms with E-state index in [1.54, 1.807) is 0 Å². The molecule has 0 saturated carbocycles. The van der Waals surface area contributed by atoms with Crippen molar-refractivity contribution in [2.75, 3.05) is 19.8 Å². The molecule has 5 nitrogen and oxygen atoms in total. The van der Waals surface area contributed by atoms with Crippen molar-refractivity contribution in [2.24, 2.45) is 0 Å². The summed E-state index contributed by atoms with van der Waals surface area (Å²) < 4.78 is 17.2. The zero-order valence-electron chi connectivity index (χ0n) is 35.7. The van der Waals surface area contributed by atoms with Crippen LogP contribution in [0.2, 0.25) is 0 Å². The second-order valence-corrected chi connectivity index (χ2v) is 14.9. The second kappa shape index (κ2) is 45.0. The number of rotatable bonds is 41. The first-order valence-corrected chi connectivity index (χ1v) is 22.8. The van der Waals surface area contributed by atoms with Crippen LogP contribution in [0, 0.1) is 0 Å². The topological polar surface area (TPSA) is 61.8 Å². The van der Waals surface area contributed by atoms with E-state index in [9.17, 15) is 9.59 Å². The van der Waals surface area contributed by atoms with Gasteiger partial charge in [-0.1, -0.05) is 204 Å². The minimum Gasteiger partial charge on any atom is -0.462 e. The lowest BCUT2D eigenvalue weighted by molar-refractivity contribution is -0.163. The van der Waals surface area contributed by atoms with Crippen LogP contribution in [0.5, 0.6) is 0 Å². The Bertz CT molecular complexity index is 946. The van der Waals surface area contributed by atoms with Gasteiger partial charge in [-0.3, -0.25) is 9.59 Å². The van der Waals surface area contributed by atoms with Gasteiger partial charge >= 0.3 is 11.9 Å². The average molecular weight is 755 g/mol. The van der Waals surface area contributed by atoms with Crippen molar-refractivity contribution in [1.29, 1.82) is 0 Å². The number of carbonyl (C=O) groups is 2. The fraction of sp³-hybridized carbons (Fsp3) is 0.755. The molecule has 0 aliphatic carbocycles. The first-order chi connectivity index (χ1) is 26.6. The van der Waals surface area contributed by atoms with Crippen LogP contribution in [-0.4, -0.2) is 37.9 Å². The number of carbonyl (C=O) groups excluding carboxylic acids is 2. The van der Waals surface area contributed by atoms with Gasteiger partial charge in [-0.2, -0.15) is 0 Å². The Hall–Kier alpha value is -2.40. The molecule has 0 amide bonds. The summed E-state index contributed by atoms with van der Waals surface area (Å²) in [5.74, 6) is -0.467. The largest absolute Gasteiger partial charge is 0.462 e. The fourth-order valence-electron chi connectivity index (χ4n) is 6.19. The normalized spacial score (nSPS) is 12.7. The van der Waals surface area contributed by atoms with E-state index in [0.29, 0.717) is 19.4 Å². The molecule has 1 atom stereocenters. The highest BCUT2D eigenvalue weighted by Crippen LogP contribution is 2.14. The molecule has 0 radical (unpaired) electrons. The molecule has 0 bridgehead atoms. The molecule has 1 unspecified atom stereocenters. The van der Waals surface area contributed by atoms with E-state index in [1.165, 1.54) is 103 Å². The third-order valence-corrected chi connectivity index (χ3v) is 9.57. The quantitative estimate of drug-likeness (QED) is 0.0353. The maximum atomic E-state index is 12.6. The number of unbranched alkanes of at least 4 members (excludes halogenated alkanes) is 20. The third-order valence-electron chi connectivity index (χ3n) is 9.57. The minimum absolute atomic E-state index is 0.0575. The van der Waals surface area contributed by atoms with Gasteiger partial charge < -0.3 is 14.2 Å². The highest BCUT2D eigenvalue weighted by Gasteiger charge is 2.17. The molecule has 0 spiro atoms. The van der Waals surface area contributed by atoms with E-state index in [2.05, 4.69) is 81.5 Å². The summed E-state index contributed by atoms with van der Waals surface area (Å²) in [6, 6.07) is 0. The first kappa shape index (κ1) is 51.6. The van der Waals surface area contributed by atoms with Crippen LogP contribution in [0.3, 0.4) is 0 Å². The van der Waals surface area contributed by atoms with Crippen molar-refractivity contribution >= 4 is 11.9 Å². The molecule has 0 aromatic heterocycles. The Kier molecular flexibility index (Phi) is 43.0. The Morgan fingerprint density at radius 1 is 0.426 bits per heavy atom. The van der Waals surface area contributed by atoms with Gasteiger partial charge in [-0.15, -0.1) is 0 Å². The number of hydrogen-bond acceptors (Lipinski definition) is 5. The van der Waals surface area contributed by atoms with Gasteiger partial charge in [0.2, 0.25) is 0 Å². The summed E-state index contributed by atoms with van der Waals surface area (Å²) in [6.07, 6.45) is 55.2. The number of hydrogen-bond donors (Lipinski definition) is 0. The molecule has 0 rings (SSSR count). The molecule has 312 valence electrons. The van der Waals surface area contributed by atoms with Gasteiger partial charge in [0.05, 0.1) is 6.61 Å². The van der Waals surface area contributed by atoms with Crippen LogP contribution >= 0.6 is 0 Å². The monoisotopic (exact) mass is 755 g/mol. The maximum Gasteiger partial charge on any atom is 0.306 e. The van der Waals surface area contributed by atoms with Gasteiger partial charge in [0, 0.05) is 19.4 Å². The smallest absolute Gasteiger partial charge is 0.306 e. The standard InChI is InChI=1S/C49H86O5/c1-4-7-10-13-16-18-20-22-24-25-26-27-29-31-34-36-39-42-48(50)53-46-47(54-49(51)43-40-37-33-15-12-9-6-3)45-52-44-41-38-35-32-30-28-23-21-19-17-14-11-8-5-2/h7,10,16,18,22,24,26-27,31,34,47H,4-6,8-9,11-15,17,19-21,23,25,28-30,32-33,35-46H2,1-3H3/b10-7-,18-16-,24-22-,27-26-,34-31-. The molecule has 0 aliphatic rings. The summed E-state index contributed by atoms with van der Waals surface area (Å²) in [7, 11) is 0. The van der Waals surface area contributed by atoms with Gasteiger partial charge in [0.1, 0.15) is 6.61 Å². The molecular weight excluding hydrogens is 669 g/mol. The van der Waals surface area contributed by atoms with Crippen LogP contribution < -0.4 is 0 Å². The van der Waals surface area contributed by atoms with Crippen LogP contribution in [-0.2, 0) is 23.8 Å². The highest BCUT2D eigenvalue weighted by atomic mass is 16.6. The lowest BCUT2D eigenvalue weighted by Crippen LogP contribution is -2.30. The molecular formula is C49H86O5. The Morgan fingerprint density at radius 2 is 0.833 bits per heavy atom. The summed E-state index contributed by atoms with van der Waals surface area (Å²) in [4.78, 5) is 25.1. The summed E-state index contributed by atoms with van der Waals surface area (Å²) in [6.45, 7) is 7.63. The van der Waals surface area contributed by atoms with Crippen molar-refractivity contribution < 1.29 is 23.8 Å². The molecule has 0 fully saturated rings. The minimum atomic E-state index is -0.552. The predicted molar refractivity (Wildman–Crippen MR) is 233 cm³/mol. The first-order valence-electron chi connectivity index (χ1n) is 22.8. The lowest BCUT2D eigenvalue weighted by Gasteiger charge is -2.18. The van der Waals surface area contributed by atoms with E-state index >= 15 is 0 Å². The Balaban J connectivity index is 4.24. The third kappa shape index (κ3) is 42.3. The van der Waals surface area contributed by atoms with Gasteiger partial charge in [0.15, 0.2) is 6.10 Å². The molecule has 0 N–H and O–H groups in total. The maximum absolute atomic E-state index is 12.6. The van der Waals surface area contributed by atoms with Crippen molar-refractivity contribution in [2.45, 2.75) is 219 Å². The van der Waals surface area contributed by atoms with Crippen molar-refractivity contribution in [1.82, 2.24) is 0 Å². The van der Waals surface area contributed by atoms with E-state index in [0.717, 1.165) is 77.0 Å². The van der Waals surface area contributed by atoms with E-state index < -0.39 is 6.10 Å². The average Bonchev–Trinajstić information content (AvgIpc) is 3.17. The van der Waals surface area contributed by atoms with Gasteiger partial charge in [-0.25, -0.2) is 0 Å². The van der Waals surface area contributed by atoms with E-state index in [4.69, 9.17) is 14.2 Å². The summed E-state index contributed by atoms with van der Waals surface area (Å²) in [5.41, 5.74) is 0. The van der Waals surface area contributed by atoms with Crippen LogP contribution in [0.15, 0.2) is 60.8 Å². The molecule has 0 saturated heterocycles. The zero-order chi connectivity index (χ0) is 39.3. The Labute approximate surface area is 334 Å². The lowest BCUT2D eigenvalue weighted by atomic mass is 10.0. The van der Waals surface area contributed by atoms with E-state index in [-0.39, 0.29) is 25.2 Å². The zero-order valence-corrected chi connectivity index (χ0v) is 35.7. The molecule has 0 heterocycles. The number of esters is 2. The molecule has 0 aromatic carbocycles. The van der Waals surface area contributed by atoms with Crippen LogP contribution in [0.4, 0.5) is 0 Å². The second-order valence-electron chi connectivity index (χ2n) is 14.9. The summed E-state index contributed by atoms with van der Waals surface area (Å²) in [5, 5.41) is 0. The molecule has 0 aliphatic heterocycles.